The van der Waals surface area contributed by atoms with Gasteiger partial charge in [0.1, 0.15) is 10.3 Å². The minimum absolute atomic E-state index is 0.0337. The summed E-state index contributed by atoms with van der Waals surface area (Å²) in [6, 6.07) is 9.46. The number of thiazole rings is 1. The van der Waals surface area contributed by atoms with Gasteiger partial charge in [0.15, 0.2) is 5.01 Å². The third-order valence-electron chi connectivity index (χ3n) is 9.50. The second-order valence-electron chi connectivity index (χ2n) is 13.7. The highest BCUT2D eigenvalue weighted by molar-refractivity contribution is 7.19. The number of nitrogens with zero attached hydrogens (tertiary/aromatic N) is 4. The van der Waals surface area contributed by atoms with Crippen LogP contribution in [0.4, 0.5) is 0 Å². The van der Waals surface area contributed by atoms with Gasteiger partial charge in [0.25, 0.3) is 11.8 Å². The Kier molecular flexibility index (Phi) is 8.56. The molecule has 2 saturated heterocycles. The van der Waals surface area contributed by atoms with Gasteiger partial charge >= 0.3 is 0 Å². The highest BCUT2D eigenvalue weighted by atomic mass is 32.1. The number of aliphatic hydroxyl groups is 1. The number of fused-ring (bicyclic) bond motifs is 2. The number of pyridine rings is 1. The highest BCUT2D eigenvalue weighted by Crippen LogP contribution is 2.38. The van der Waals surface area contributed by atoms with Crippen LogP contribution >= 0.6 is 11.3 Å². The molecule has 0 unspecified atom stereocenters. The smallest absolute Gasteiger partial charge is 0.280 e. The molecule has 3 aliphatic rings. The van der Waals surface area contributed by atoms with Crippen molar-refractivity contribution in [1.29, 1.82) is 0 Å². The van der Waals surface area contributed by atoms with Gasteiger partial charge in [0, 0.05) is 50.0 Å². The molecule has 10 heteroatoms. The van der Waals surface area contributed by atoms with Crippen molar-refractivity contribution in [2.45, 2.75) is 77.5 Å². The molecule has 9 nitrogen and oxygen atoms in total. The number of hydrogen-bond donors (Lipinski definition) is 3. The van der Waals surface area contributed by atoms with E-state index in [0.717, 1.165) is 73.3 Å². The average Bonchev–Trinajstić information content (AvgIpc) is 3.39. The maximum absolute atomic E-state index is 13.7. The number of carbonyl (C=O) groups excluding carboxylic acids is 2. The van der Waals surface area contributed by atoms with E-state index < -0.39 is 0 Å². The number of benzene rings is 1. The summed E-state index contributed by atoms with van der Waals surface area (Å²) < 4.78 is 0. The molecule has 2 atom stereocenters. The van der Waals surface area contributed by atoms with Crippen LogP contribution in [-0.4, -0.2) is 81.6 Å². The molecule has 0 radical (unpaired) electrons. The molecule has 2 aliphatic heterocycles. The molecular formula is C33H44N6O3S. The predicted octanol–water partition coefficient (Wildman–Crippen LogP) is 3.94. The van der Waals surface area contributed by atoms with Crippen molar-refractivity contribution in [3.05, 3.63) is 57.7 Å². The van der Waals surface area contributed by atoms with E-state index in [1.807, 2.05) is 24.3 Å². The zero-order valence-electron chi connectivity index (χ0n) is 25.5. The maximum atomic E-state index is 13.7. The summed E-state index contributed by atoms with van der Waals surface area (Å²) in [5.41, 5.74) is 10.8. The average molecular weight is 605 g/mol. The largest absolute Gasteiger partial charge is 0.393 e. The van der Waals surface area contributed by atoms with Crippen molar-refractivity contribution < 1.29 is 14.7 Å². The molecule has 6 rings (SSSR count). The standard InChI is InChI=1S/C33H44N6O3S/c1-33(2,3)23-7-8-26-22(16-23)17-28-30(36-26)43-31(37-28)29(41)35-27(11-14-38-12-9-25(40)10-13-38)20-5-4-6-21(15-20)32(42)39-18-24(34)19-39/h4-6,15,17,23-25,27,40H,7-14,16,18-19,34H2,1-3H3,(H,35,41)/t23-,27+/m0/s1. The number of piperidine rings is 1. The molecule has 2 aromatic heterocycles. The quantitative estimate of drug-likeness (QED) is 0.373. The van der Waals surface area contributed by atoms with Crippen molar-refractivity contribution in [3.8, 4) is 0 Å². The first-order valence-corrected chi connectivity index (χ1v) is 16.5. The number of hydrogen-bond acceptors (Lipinski definition) is 8. The summed E-state index contributed by atoms with van der Waals surface area (Å²) in [4.78, 5) is 41.3. The normalized spacial score (nSPS) is 21.0. The van der Waals surface area contributed by atoms with Gasteiger partial charge in [0.2, 0.25) is 0 Å². The summed E-state index contributed by atoms with van der Waals surface area (Å²) in [6.45, 7) is 10.5. The molecule has 2 amide bonds. The number of aromatic nitrogens is 2. The number of likely N-dealkylation sites (tertiary alicyclic amines) is 2. The topological polar surface area (TPSA) is 125 Å². The van der Waals surface area contributed by atoms with Crippen LogP contribution in [0.3, 0.4) is 0 Å². The number of aliphatic hydroxyl groups excluding tert-OH is 1. The predicted molar refractivity (Wildman–Crippen MR) is 169 cm³/mol. The third-order valence-corrected chi connectivity index (χ3v) is 10.5. The number of nitrogens with two attached hydrogens (primary N) is 1. The second kappa shape index (κ2) is 12.2. The molecule has 0 bridgehead atoms. The van der Waals surface area contributed by atoms with Crippen molar-refractivity contribution in [3.63, 3.8) is 0 Å². The SMILES string of the molecule is CC(C)(C)[C@H]1CCc2nc3sc(C(=O)N[C@H](CCN4CCC(O)CC4)c4cccc(C(=O)N5CC(N)C5)c4)nc3cc2C1. The lowest BCUT2D eigenvalue weighted by Crippen LogP contribution is -2.57. The highest BCUT2D eigenvalue weighted by Gasteiger charge is 2.31. The zero-order valence-corrected chi connectivity index (χ0v) is 26.3. The molecule has 43 heavy (non-hydrogen) atoms. The first kappa shape index (κ1) is 30.1. The Balaban J connectivity index is 1.21. The van der Waals surface area contributed by atoms with Crippen LogP contribution < -0.4 is 11.1 Å². The van der Waals surface area contributed by atoms with Crippen LogP contribution in [-0.2, 0) is 12.8 Å². The molecule has 0 saturated carbocycles. The van der Waals surface area contributed by atoms with E-state index in [1.54, 1.807) is 4.90 Å². The summed E-state index contributed by atoms with van der Waals surface area (Å²) in [5, 5.41) is 13.6. The van der Waals surface area contributed by atoms with E-state index >= 15 is 0 Å². The lowest BCUT2D eigenvalue weighted by atomic mass is 9.71. The third kappa shape index (κ3) is 6.77. The number of carbonyl (C=O) groups is 2. The molecule has 230 valence electrons. The lowest BCUT2D eigenvalue weighted by Gasteiger charge is -2.37. The first-order chi connectivity index (χ1) is 20.5. The van der Waals surface area contributed by atoms with Gasteiger partial charge in [-0.05, 0) is 79.2 Å². The molecule has 1 aromatic carbocycles. The Bertz CT molecular complexity index is 1490. The van der Waals surface area contributed by atoms with E-state index in [1.165, 1.54) is 16.9 Å². The minimum Gasteiger partial charge on any atom is -0.393 e. The summed E-state index contributed by atoms with van der Waals surface area (Å²) in [5.74, 6) is 0.344. The van der Waals surface area contributed by atoms with Gasteiger partial charge in [0.05, 0.1) is 12.1 Å². The summed E-state index contributed by atoms with van der Waals surface area (Å²) in [6.07, 6.45) is 5.05. The fourth-order valence-electron chi connectivity index (χ4n) is 6.60. The second-order valence-corrected chi connectivity index (χ2v) is 14.7. The van der Waals surface area contributed by atoms with Gasteiger partial charge in [-0.3, -0.25) is 9.59 Å². The Morgan fingerprint density at radius 1 is 1.14 bits per heavy atom. The Morgan fingerprint density at radius 2 is 1.91 bits per heavy atom. The Hall–Kier alpha value is -2.92. The van der Waals surface area contributed by atoms with Gasteiger partial charge < -0.3 is 26.0 Å². The molecule has 0 spiro atoms. The molecule has 3 aromatic rings. The molecule has 4 heterocycles. The van der Waals surface area contributed by atoms with Crippen LogP contribution in [0.15, 0.2) is 30.3 Å². The van der Waals surface area contributed by atoms with E-state index in [2.05, 4.69) is 37.1 Å². The van der Waals surface area contributed by atoms with Crippen molar-refractivity contribution >= 4 is 33.5 Å². The number of nitrogens with one attached hydrogen (secondary N) is 1. The van der Waals surface area contributed by atoms with E-state index in [9.17, 15) is 14.7 Å². The van der Waals surface area contributed by atoms with E-state index in [0.29, 0.717) is 36.0 Å². The van der Waals surface area contributed by atoms with E-state index in [-0.39, 0.29) is 35.4 Å². The number of rotatable bonds is 7. The molecular weight excluding hydrogens is 560 g/mol. The monoisotopic (exact) mass is 604 g/mol. The first-order valence-electron chi connectivity index (χ1n) is 15.7. The van der Waals surface area contributed by atoms with Gasteiger partial charge in [-0.15, -0.1) is 0 Å². The Morgan fingerprint density at radius 3 is 2.63 bits per heavy atom. The Labute approximate surface area is 257 Å². The minimum atomic E-state index is -0.300. The van der Waals surface area contributed by atoms with Gasteiger partial charge in [-0.2, -0.15) is 0 Å². The van der Waals surface area contributed by atoms with Gasteiger partial charge in [-0.1, -0.05) is 44.2 Å². The maximum Gasteiger partial charge on any atom is 0.280 e. The van der Waals surface area contributed by atoms with Crippen LogP contribution in [0, 0.1) is 11.3 Å². The molecule has 1 aliphatic carbocycles. The molecule has 2 fully saturated rings. The van der Waals surface area contributed by atoms with Crippen molar-refractivity contribution in [2.75, 3.05) is 32.7 Å². The number of aryl methyl sites for hydroxylation is 1. The fraction of sp³-hybridized carbons (Fsp3) is 0.576. The van der Waals surface area contributed by atoms with Crippen molar-refractivity contribution in [1.82, 2.24) is 25.1 Å². The summed E-state index contributed by atoms with van der Waals surface area (Å²) >= 11 is 1.35. The summed E-state index contributed by atoms with van der Waals surface area (Å²) in [7, 11) is 0. The van der Waals surface area contributed by atoms with Crippen LogP contribution in [0.5, 0.6) is 0 Å². The fourth-order valence-corrected chi connectivity index (χ4v) is 7.44. The molecule has 4 N–H and O–H groups in total. The van der Waals surface area contributed by atoms with E-state index in [4.69, 9.17) is 15.7 Å². The van der Waals surface area contributed by atoms with Crippen molar-refractivity contribution in [2.24, 2.45) is 17.1 Å². The van der Waals surface area contributed by atoms with Gasteiger partial charge in [-0.25, -0.2) is 9.97 Å². The van der Waals surface area contributed by atoms with Crippen LogP contribution in [0.25, 0.3) is 10.3 Å². The van der Waals surface area contributed by atoms with Crippen LogP contribution in [0.1, 0.15) is 89.5 Å². The van der Waals surface area contributed by atoms with Crippen LogP contribution in [0.2, 0.25) is 0 Å². The zero-order chi connectivity index (χ0) is 30.3. The number of amides is 2. The lowest BCUT2D eigenvalue weighted by molar-refractivity contribution is 0.0608.